The molecule has 2 aliphatic heterocycles. The number of aryl methyl sites for hydroxylation is 1. The van der Waals surface area contributed by atoms with Crippen LogP contribution in [0.15, 0.2) is 128 Å². The van der Waals surface area contributed by atoms with Crippen LogP contribution in [-0.2, 0) is 12.8 Å². The molecule has 4 aromatic carbocycles. The Labute approximate surface area is 287 Å². The molecule has 10 rings (SSSR count). The van der Waals surface area contributed by atoms with Gasteiger partial charge in [0.1, 0.15) is 0 Å². The zero-order valence-corrected chi connectivity index (χ0v) is 28.6. The van der Waals surface area contributed by atoms with Gasteiger partial charge in [-0.15, -0.1) is 0 Å². The van der Waals surface area contributed by atoms with Crippen molar-refractivity contribution in [3.63, 3.8) is 0 Å². The molecule has 3 heteroatoms. The molecule has 0 radical (unpaired) electrons. The summed E-state index contributed by atoms with van der Waals surface area (Å²) in [5.41, 5.74) is 14.7. The van der Waals surface area contributed by atoms with Gasteiger partial charge in [-0.05, 0) is 78.3 Å². The topological polar surface area (TPSA) is 12.2 Å². The molecule has 0 bridgehead atoms. The van der Waals surface area contributed by atoms with Gasteiger partial charge < -0.3 is 4.40 Å². The highest BCUT2D eigenvalue weighted by Crippen LogP contribution is 2.46. The lowest BCUT2D eigenvalue weighted by Gasteiger charge is -2.31. The number of allylic oxidation sites excluding steroid dienone is 1. The van der Waals surface area contributed by atoms with Crippen molar-refractivity contribution in [1.29, 1.82) is 0 Å². The van der Waals surface area contributed by atoms with Crippen LogP contribution in [0.25, 0.3) is 66.3 Å². The quantitative estimate of drug-likeness (QED) is 0.159. The zero-order chi connectivity index (χ0) is 33.0. The Morgan fingerprint density at radius 3 is 2.37 bits per heavy atom. The summed E-state index contributed by atoms with van der Waals surface area (Å²) in [6.07, 6.45) is 8.56. The van der Waals surface area contributed by atoms with Crippen LogP contribution in [0.1, 0.15) is 62.3 Å². The largest absolute Gasteiger partial charge is 0.308 e. The minimum absolute atomic E-state index is 0.190. The zero-order valence-electron chi connectivity index (χ0n) is 28.6. The third-order valence-electron chi connectivity index (χ3n) is 11.3. The summed E-state index contributed by atoms with van der Waals surface area (Å²) >= 11 is 0. The molecule has 2 aliphatic rings. The summed E-state index contributed by atoms with van der Waals surface area (Å²) in [5, 5.41) is 5.31. The van der Waals surface area contributed by atoms with Crippen molar-refractivity contribution in [1.82, 2.24) is 4.40 Å². The molecule has 0 N–H and O–H groups in total. The average Bonchev–Trinajstić information content (AvgIpc) is 3.62. The maximum Gasteiger partial charge on any atom is 0.218 e. The maximum absolute atomic E-state index is 4.83. The van der Waals surface area contributed by atoms with E-state index in [2.05, 4.69) is 156 Å². The van der Waals surface area contributed by atoms with Crippen molar-refractivity contribution in [2.24, 2.45) is 5.41 Å². The summed E-state index contributed by atoms with van der Waals surface area (Å²) in [7, 11) is 0. The highest BCUT2D eigenvalue weighted by atomic mass is 15.0. The fraction of sp³-hybridized carbons (Fsp3) is 0.217. The Balaban J connectivity index is 1.26. The Hall–Kier alpha value is -5.28. The Morgan fingerprint density at radius 2 is 1.49 bits per heavy atom. The van der Waals surface area contributed by atoms with Crippen molar-refractivity contribution in [2.75, 3.05) is 0 Å². The van der Waals surface area contributed by atoms with E-state index in [0.717, 1.165) is 31.4 Å². The second-order valence-corrected chi connectivity index (χ2v) is 15.7. The summed E-state index contributed by atoms with van der Waals surface area (Å²) < 4.78 is 7.48. The van der Waals surface area contributed by atoms with Gasteiger partial charge in [0.2, 0.25) is 11.4 Å². The predicted molar refractivity (Wildman–Crippen MR) is 202 cm³/mol. The van der Waals surface area contributed by atoms with Crippen LogP contribution in [0.5, 0.6) is 0 Å². The van der Waals surface area contributed by atoms with Gasteiger partial charge in [-0.25, -0.2) is 0 Å². The Kier molecular flexibility index (Phi) is 6.07. The van der Waals surface area contributed by atoms with Crippen LogP contribution in [0, 0.1) is 5.41 Å². The van der Waals surface area contributed by atoms with Gasteiger partial charge >= 0.3 is 0 Å². The summed E-state index contributed by atoms with van der Waals surface area (Å²) in [6, 6.07) is 41.6. The molecule has 2 unspecified atom stereocenters. The smallest absolute Gasteiger partial charge is 0.218 e. The molecule has 4 aromatic heterocycles. The third-order valence-corrected chi connectivity index (χ3v) is 11.3. The molecule has 0 amide bonds. The number of hydrogen-bond acceptors (Lipinski definition) is 0. The van der Waals surface area contributed by atoms with Crippen molar-refractivity contribution in [2.45, 2.75) is 58.4 Å². The number of benzene rings is 4. The van der Waals surface area contributed by atoms with Gasteiger partial charge in [-0.2, -0.15) is 9.13 Å². The molecule has 2 atom stereocenters. The molecule has 49 heavy (non-hydrogen) atoms. The van der Waals surface area contributed by atoms with Crippen molar-refractivity contribution < 1.29 is 9.13 Å². The molecule has 0 fully saturated rings. The molecule has 0 saturated carbocycles. The molecule has 3 nitrogen and oxygen atoms in total. The molecule has 0 aliphatic carbocycles. The van der Waals surface area contributed by atoms with E-state index >= 15 is 0 Å². The first kappa shape index (κ1) is 28.7. The lowest BCUT2D eigenvalue weighted by atomic mass is 9.77. The number of hydrogen-bond donors (Lipinski definition) is 0. The Bertz CT molecular complexity index is 2630. The van der Waals surface area contributed by atoms with Gasteiger partial charge in [0.15, 0.2) is 24.1 Å². The standard InChI is InChI=1S/C46H41N3/c1-29-24-42-35(32-12-5-6-13-33(32)40-17-9-10-22-48(40)42)20-19-31-26-44-39(27-38(31)43-25-30(21-23-47(29)43)28-46(2,3)4)37-16-11-15-36-34-14-7-8-18-41(34)49(44)45(36)37/h5-18,21-23,25-27,35,42H,1,19-20,24,28H2,2-4H3/q+2. The summed E-state index contributed by atoms with van der Waals surface area (Å²) in [4.78, 5) is 0. The van der Waals surface area contributed by atoms with E-state index in [1.54, 1.807) is 0 Å². The summed E-state index contributed by atoms with van der Waals surface area (Å²) in [5.74, 6) is 0.368. The molecule has 8 aromatic rings. The highest BCUT2D eigenvalue weighted by Gasteiger charge is 2.42. The molecular formula is C46H41N3+2. The second-order valence-electron chi connectivity index (χ2n) is 15.7. The average molecular weight is 636 g/mol. The summed E-state index contributed by atoms with van der Waals surface area (Å²) in [6.45, 7) is 11.8. The van der Waals surface area contributed by atoms with E-state index in [0.29, 0.717) is 5.92 Å². The van der Waals surface area contributed by atoms with E-state index in [1.807, 2.05) is 0 Å². The molecule has 0 spiro atoms. The third kappa shape index (κ3) is 4.28. The second kappa shape index (κ2) is 10.4. The van der Waals surface area contributed by atoms with Crippen LogP contribution >= 0.6 is 0 Å². The molecule has 0 saturated heterocycles. The first-order valence-corrected chi connectivity index (χ1v) is 17.9. The van der Waals surface area contributed by atoms with E-state index in [4.69, 9.17) is 6.58 Å². The van der Waals surface area contributed by atoms with Crippen LogP contribution in [0.4, 0.5) is 0 Å². The van der Waals surface area contributed by atoms with E-state index in [-0.39, 0.29) is 11.5 Å². The van der Waals surface area contributed by atoms with Gasteiger partial charge in [-0.3, -0.25) is 0 Å². The van der Waals surface area contributed by atoms with Crippen LogP contribution < -0.4 is 9.13 Å². The van der Waals surface area contributed by atoms with Crippen LogP contribution in [0.3, 0.4) is 0 Å². The first-order valence-electron chi connectivity index (χ1n) is 17.9. The number of fused-ring (bicyclic) bond motifs is 15. The molecule has 6 heterocycles. The van der Waals surface area contributed by atoms with E-state index in [1.165, 1.54) is 77.3 Å². The first-order chi connectivity index (χ1) is 23.8. The predicted octanol–water partition coefficient (Wildman–Crippen LogP) is 10.5. The van der Waals surface area contributed by atoms with Crippen molar-refractivity contribution in [3.8, 4) is 22.5 Å². The number of pyridine rings is 2. The fourth-order valence-electron chi connectivity index (χ4n) is 9.38. The van der Waals surface area contributed by atoms with Crippen molar-refractivity contribution >= 4 is 43.8 Å². The number of para-hydroxylation sites is 2. The minimum atomic E-state index is 0.190. The Morgan fingerprint density at radius 1 is 0.714 bits per heavy atom. The number of rotatable bonds is 1. The van der Waals surface area contributed by atoms with Crippen LogP contribution in [0.2, 0.25) is 0 Å². The van der Waals surface area contributed by atoms with Gasteiger partial charge in [-0.1, -0.05) is 75.4 Å². The van der Waals surface area contributed by atoms with Gasteiger partial charge in [0.05, 0.1) is 28.5 Å². The number of aromatic nitrogens is 3. The van der Waals surface area contributed by atoms with Gasteiger partial charge in [0, 0.05) is 57.3 Å². The lowest BCUT2D eigenvalue weighted by molar-refractivity contribution is -0.720. The lowest BCUT2D eigenvalue weighted by Crippen LogP contribution is -2.49. The highest BCUT2D eigenvalue weighted by molar-refractivity contribution is 6.23. The fourth-order valence-corrected chi connectivity index (χ4v) is 9.38. The van der Waals surface area contributed by atoms with Gasteiger partial charge in [0.25, 0.3) is 0 Å². The van der Waals surface area contributed by atoms with E-state index < -0.39 is 0 Å². The van der Waals surface area contributed by atoms with E-state index in [9.17, 15) is 0 Å². The normalized spacial score (nSPS) is 17.6. The molecular weight excluding hydrogens is 595 g/mol. The van der Waals surface area contributed by atoms with Crippen molar-refractivity contribution in [3.05, 3.63) is 145 Å². The monoisotopic (exact) mass is 635 g/mol. The molecule has 238 valence electrons. The minimum Gasteiger partial charge on any atom is -0.308 e. The maximum atomic E-state index is 4.83. The SMILES string of the molecule is C=C1CC2C(CCc3cc4c(cc3-c3cc(CC(C)(C)C)cc[n+]31)c1cccc3c5ccccc5n4c31)c1ccccc1-c1cccc[n+]12. The number of nitrogens with zero attached hydrogens (tertiary/aromatic N) is 3. The van der Waals surface area contributed by atoms with Crippen LogP contribution in [-0.4, -0.2) is 4.40 Å².